The summed E-state index contributed by atoms with van der Waals surface area (Å²) in [6.45, 7) is 0. The number of rotatable bonds is 4. The number of benzene rings is 1. The maximum Gasteiger partial charge on any atom is 0.456 e. The molecule has 0 atom stereocenters. The van der Waals surface area contributed by atoms with E-state index in [2.05, 4.69) is 10.2 Å². The number of halogens is 4. The highest BCUT2D eigenvalue weighted by molar-refractivity contribution is 7.11. The van der Waals surface area contributed by atoms with Gasteiger partial charge in [0.05, 0.1) is 10.6 Å². The van der Waals surface area contributed by atoms with E-state index in [1.54, 1.807) is 0 Å². The van der Waals surface area contributed by atoms with Crippen molar-refractivity contribution in [2.45, 2.75) is 6.18 Å². The van der Waals surface area contributed by atoms with E-state index in [1.165, 1.54) is 41.8 Å². The maximum atomic E-state index is 12.7. The minimum atomic E-state index is -5.18. The zero-order valence-corrected chi connectivity index (χ0v) is 12.8. The fraction of sp³-hybridized carbons (Fsp3) is 0.0714. The first-order chi connectivity index (χ1) is 10.8. The molecule has 0 aliphatic carbocycles. The Morgan fingerprint density at radius 1 is 1.17 bits per heavy atom. The molecular formula is C14H8ClF3N2O2S. The lowest BCUT2D eigenvalue weighted by Gasteiger charge is -2.06. The van der Waals surface area contributed by atoms with Crippen molar-refractivity contribution in [1.82, 2.24) is 0 Å². The Bertz CT molecular complexity index is 753. The molecule has 0 bridgehead atoms. The molecule has 0 spiro atoms. The summed E-state index contributed by atoms with van der Waals surface area (Å²) in [5, 5.41) is 18.7. The standard InChI is InChI=1S/C14H8ClF3N2O2S/c15-8-3-5-9(6-4-8)19-20-11(13(22)14(16,17)18)12(21)10-2-1-7-23-10/h1-7,21H/b12-11-,20-19?. The number of hydrogen-bond acceptors (Lipinski definition) is 5. The van der Waals surface area contributed by atoms with E-state index >= 15 is 0 Å². The monoisotopic (exact) mass is 360 g/mol. The van der Waals surface area contributed by atoms with Crippen molar-refractivity contribution < 1.29 is 23.1 Å². The Morgan fingerprint density at radius 2 is 1.83 bits per heavy atom. The van der Waals surface area contributed by atoms with E-state index in [4.69, 9.17) is 11.6 Å². The highest BCUT2D eigenvalue weighted by Gasteiger charge is 2.43. The van der Waals surface area contributed by atoms with Crippen molar-refractivity contribution in [3.8, 4) is 0 Å². The van der Waals surface area contributed by atoms with Gasteiger partial charge in [-0.25, -0.2) is 0 Å². The normalized spacial score (nSPS) is 13.2. The van der Waals surface area contributed by atoms with E-state index in [0.29, 0.717) is 5.02 Å². The smallest absolute Gasteiger partial charge is 0.456 e. The second-order valence-electron chi connectivity index (χ2n) is 4.18. The van der Waals surface area contributed by atoms with E-state index in [-0.39, 0.29) is 10.6 Å². The summed E-state index contributed by atoms with van der Waals surface area (Å²) in [5.41, 5.74) is -0.990. The van der Waals surface area contributed by atoms with Crippen molar-refractivity contribution in [2.75, 3.05) is 0 Å². The molecule has 0 radical (unpaired) electrons. The molecule has 0 unspecified atom stereocenters. The number of aliphatic hydroxyl groups excluding tert-OH is 1. The first kappa shape index (κ1) is 17.2. The van der Waals surface area contributed by atoms with Gasteiger partial charge in [0.2, 0.25) is 0 Å². The highest BCUT2D eigenvalue weighted by Crippen LogP contribution is 2.29. The topological polar surface area (TPSA) is 62.0 Å². The van der Waals surface area contributed by atoms with Crippen molar-refractivity contribution in [3.05, 3.63) is 57.4 Å². The zero-order valence-electron chi connectivity index (χ0n) is 11.2. The number of allylic oxidation sites excluding steroid dienone is 1. The van der Waals surface area contributed by atoms with Crippen LogP contribution < -0.4 is 0 Å². The van der Waals surface area contributed by atoms with Crippen molar-refractivity contribution >= 4 is 40.2 Å². The fourth-order valence-corrected chi connectivity index (χ4v) is 2.28. The Hall–Kier alpha value is -2.19. The quantitative estimate of drug-likeness (QED) is 0.442. The van der Waals surface area contributed by atoms with Gasteiger partial charge in [-0.15, -0.1) is 16.5 Å². The van der Waals surface area contributed by atoms with Crippen LogP contribution in [0.25, 0.3) is 5.76 Å². The van der Waals surface area contributed by atoms with Crippen LogP contribution in [0.3, 0.4) is 0 Å². The molecule has 4 nitrogen and oxygen atoms in total. The van der Waals surface area contributed by atoms with Crippen LogP contribution in [0.5, 0.6) is 0 Å². The molecule has 0 amide bonds. The summed E-state index contributed by atoms with van der Waals surface area (Å²) >= 11 is 6.64. The molecule has 0 aliphatic heterocycles. The molecule has 2 rings (SSSR count). The van der Waals surface area contributed by atoms with Gasteiger partial charge in [0.25, 0.3) is 5.78 Å². The third-order valence-corrected chi connectivity index (χ3v) is 3.67. The number of nitrogens with zero attached hydrogens (tertiary/aromatic N) is 2. The lowest BCUT2D eigenvalue weighted by atomic mass is 10.2. The average Bonchev–Trinajstić information content (AvgIpc) is 3.02. The number of carbonyl (C=O) groups excluding carboxylic acids is 1. The summed E-state index contributed by atoms with van der Waals surface area (Å²) in [7, 11) is 0. The van der Waals surface area contributed by atoms with Crippen LogP contribution in [0.15, 0.2) is 57.7 Å². The number of aliphatic hydroxyl groups is 1. The molecule has 0 fully saturated rings. The maximum absolute atomic E-state index is 12.7. The SMILES string of the molecule is O=C(/C(N=Nc1ccc(Cl)cc1)=C(/O)c1cccs1)C(F)(F)F. The molecule has 1 N–H and O–H groups in total. The molecule has 1 heterocycles. The van der Waals surface area contributed by atoms with Crippen LogP contribution in [-0.4, -0.2) is 17.1 Å². The molecular weight excluding hydrogens is 353 g/mol. The molecule has 1 aromatic carbocycles. The molecule has 0 aliphatic rings. The summed E-state index contributed by atoms with van der Waals surface area (Å²) in [4.78, 5) is 11.5. The average molecular weight is 361 g/mol. The second-order valence-corrected chi connectivity index (χ2v) is 5.56. The molecule has 9 heteroatoms. The predicted molar refractivity (Wildman–Crippen MR) is 80.9 cm³/mol. The van der Waals surface area contributed by atoms with Gasteiger partial charge < -0.3 is 5.11 Å². The van der Waals surface area contributed by atoms with Gasteiger partial charge >= 0.3 is 6.18 Å². The molecule has 23 heavy (non-hydrogen) atoms. The van der Waals surface area contributed by atoms with Gasteiger partial charge in [-0.05, 0) is 35.7 Å². The van der Waals surface area contributed by atoms with Crippen LogP contribution in [0.1, 0.15) is 4.88 Å². The van der Waals surface area contributed by atoms with E-state index in [0.717, 1.165) is 11.3 Å². The lowest BCUT2D eigenvalue weighted by molar-refractivity contribution is -0.166. The molecule has 120 valence electrons. The minimum Gasteiger partial charge on any atom is -0.504 e. The molecule has 2 aromatic rings. The first-order valence-corrected chi connectivity index (χ1v) is 7.31. The van der Waals surface area contributed by atoms with E-state index < -0.39 is 23.4 Å². The van der Waals surface area contributed by atoms with Gasteiger partial charge in [-0.3, -0.25) is 4.79 Å². The van der Waals surface area contributed by atoms with Crippen LogP contribution in [0.2, 0.25) is 5.02 Å². The van der Waals surface area contributed by atoms with Crippen molar-refractivity contribution in [3.63, 3.8) is 0 Å². The van der Waals surface area contributed by atoms with Gasteiger partial charge in [0.1, 0.15) is 0 Å². The number of alkyl halides is 3. The zero-order chi connectivity index (χ0) is 17.0. The van der Waals surface area contributed by atoms with Crippen molar-refractivity contribution in [1.29, 1.82) is 0 Å². The Balaban J connectivity index is 2.44. The summed E-state index contributed by atoms with van der Waals surface area (Å²) in [6.07, 6.45) is -5.18. The van der Waals surface area contributed by atoms with Gasteiger partial charge in [0.15, 0.2) is 11.5 Å². The van der Waals surface area contributed by atoms with E-state index in [9.17, 15) is 23.1 Å². The van der Waals surface area contributed by atoms with Gasteiger partial charge in [-0.1, -0.05) is 17.7 Å². The summed E-state index contributed by atoms with van der Waals surface area (Å²) in [6, 6.07) is 8.62. The highest BCUT2D eigenvalue weighted by atomic mass is 35.5. The molecule has 0 saturated heterocycles. The predicted octanol–water partition coefficient (Wildman–Crippen LogP) is 5.54. The number of Topliss-reactive ketones (excluding diaryl/α,β-unsaturated/α-hetero) is 1. The van der Waals surface area contributed by atoms with Gasteiger partial charge in [-0.2, -0.15) is 18.3 Å². The van der Waals surface area contributed by atoms with E-state index in [1.807, 2.05) is 0 Å². The number of azo groups is 1. The number of ketones is 1. The van der Waals surface area contributed by atoms with Crippen molar-refractivity contribution in [2.24, 2.45) is 10.2 Å². The Kier molecular flexibility index (Phi) is 5.17. The number of hydrogen-bond donors (Lipinski definition) is 1. The first-order valence-electron chi connectivity index (χ1n) is 6.05. The van der Waals surface area contributed by atoms with Crippen LogP contribution in [0, 0.1) is 0 Å². The second kappa shape index (κ2) is 6.93. The largest absolute Gasteiger partial charge is 0.504 e. The summed E-state index contributed by atoms with van der Waals surface area (Å²) < 4.78 is 38.0. The van der Waals surface area contributed by atoms with Crippen LogP contribution >= 0.6 is 22.9 Å². The van der Waals surface area contributed by atoms with Crippen LogP contribution in [0.4, 0.5) is 18.9 Å². The number of thiophene rings is 1. The molecule has 1 aromatic heterocycles. The Labute approximate surface area is 137 Å². The third-order valence-electron chi connectivity index (χ3n) is 2.54. The summed E-state index contributed by atoms with van der Waals surface area (Å²) in [5.74, 6) is -3.15. The van der Waals surface area contributed by atoms with Crippen LogP contribution in [-0.2, 0) is 4.79 Å². The number of carbonyl (C=O) groups is 1. The Morgan fingerprint density at radius 3 is 2.35 bits per heavy atom. The molecule has 0 saturated carbocycles. The third kappa shape index (κ3) is 4.40. The lowest BCUT2D eigenvalue weighted by Crippen LogP contribution is -2.24. The fourth-order valence-electron chi connectivity index (χ4n) is 1.48. The van der Waals surface area contributed by atoms with Gasteiger partial charge in [0, 0.05) is 5.02 Å². The minimum absolute atomic E-state index is 0.0765.